The number of rotatable bonds is 0. The Hall–Kier alpha value is 0.0649. The molecule has 0 aromatic carbocycles. The highest BCUT2D eigenvalue weighted by Crippen LogP contribution is 2.37. The number of hydrogen-bond donors (Lipinski definition) is 0. The molecule has 1 saturated heterocycles. The van der Waals surface area contributed by atoms with Crippen LogP contribution in [-0.2, 0) is 0 Å². The second-order valence-electron chi connectivity index (χ2n) is 3.83. The molecule has 2 aliphatic rings. The predicted molar refractivity (Wildman–Crippen MR) is 42.2 cm³/mol. The normalized spacial score (nSPS) is 41.8. The Morgan fingerprint density at radius 3 is 2.22 bits per heavy atom. The lowest BCUT2D eigenvalue weighted by molar-refractivity contribution is 0.285. The standard InChI is InChI=1S/C8H15B/c1-2-7-4-8(3-1)6-9-5-7/h7-9H,1-6H2. The highest BCUT2D eigenvalue weighted by Gasteiger charge is 2.25. The molecule has 0 radical (unpaired) electrons. The summed E-state index contributed by atoms with van der Waals surface area (Å²) >= 11 is 0. The summed E-state index contributed by atoms with van der Waals surface area (Å²) in [6.45, 7) is 0. The van der Waals surface area contributed by atoms with Gasteiger partial charge in [-0.05, 0) is 18.3 Å². The predicted octanol–water partition coefficient (Wildman–Crippen LogP) is 2.08. The highest BCUT2D eigenvalue weighted by atomic mass is 14.3. The fourth-order valence-corrected chi connectivity index (χ4v) is 2.62. The molecule has 2 atom stereocenters. The molecule has 50 valence electrons. The summed E-state index contributed by atoms with van der Waals surface area (Å²) < 4.78 is 0. The van der Waals surface area contributed by atoms with Crippen LogP contribution in [0.1, 0.15) is 25.7 Å². The van der Waals surface area contributed by atoms with Crippen molar-refractivity contribution in [2.24, 2.45) is 11.8 Å². The summed E-state index contributed by atoms with van der Waals surface area (Å²) in [4.78, 5) is 0. The molecule has 1 aliphatic heterocycles. The van der Waals surface area contributed by atoms with Gasteiger partial charge in [-0.25, -0.2) is 0 Å². The molecule has 1 aliphatic carbocycles. The van der Waals surface area contributed by atoms with Crippen LogP contribution in [0.3, 0.4) is 0 Å². The van der Waals surface area contributed by atoms with Crippen molar-refractivity contribution >= 4 is 7.28 Å². The molecular formula is C8H15B. The molecule has 0 aromatic rings. The molecule has 2 rings (SSSR count). The molecule has 1 saturated carbocycles. The molecule has 0 nitrogen and oxygen atoms in total. The van der Waals surface area contributed by atoms with Gasteiger partial charge in [-0.1, -0.05) is 31.9 Å². The van der Waals surface area contributed by atoms with E-state index in [9.17, 15) is 0 Å². The summed E-state index contributed by atoms with van der Waals surface area (Å²) in [6.07, 6.45) is 9.33. The van der Waals surface area contributed by atoms with Gasteiger partial charge >= 0.3 is 0 Å². The zero-order chi connectivity index (χ0) is 6.10. The van der Waals surface area contributed by atoms with Crippen LogP contribution in [0.2, 0.25) is 12.6 Å². The highest BCUT2D eigenvalue weighted by molar-refractivity contribution is 6.35. The van der Waals surface area contributed by atoms with Gasteiger partial charge in [0.05, 0.1) is 0 Å². The summed E-state index contributed by atoms with van der Waals surface area (Å²) in [7, 11) is 1.54. The first-order valence-corrected chi connectivity index (χ1v) is 4.45. The van der Waals surface area contributed by atoms with E-state index in [4.69, 9.17) is 0 Å². The van der Waals surface area contributed by atoms with Gasteiger partial charge in [0.25, 0.3) is 0 Å². The van der Waals surface area contributed by atoms with Crippen molar-refractivity contribution in [2.45, 2.75) is 38.3 Å². The lowest BCUT2D eigenvalue weighted by Gasteiger charge is -2.33. The maximum Gasteiger partial charge on any atom is 0.121 e. The van der Waals surface area contributed by atoms with E-state index in [1.54, 1.807) is 31.9 Å². The Morgan fingerprint density at radius 2 is 1.67 bits per heavy atom. The quantitative estimate of drug-likeness (QED) is 0.431. The van der Waals surface area contributed by atoms with E-state index in [1.807, 2.05) is 0 Å². The molecule has 2 unspecified atom stereocenters. The lowest BCUT2D eigenvalue weighted by Crippen LogP contribution is -2.23. The Labute approximate surface area is 58.3 Å². The van der Waals surface area contributed by atoms with Gasteiger partial charge in [-0.2, -0.15) is 0 Å². The van der Waals surface area contributed by atoms with E-state index >= 15 is 0 Å². The fourth-order valence-electron chi connectivity index (χ4n) is 2.62. The van der Waals surface area contributed by atoms with Crippen molar-refractivity contribution in [3.63, 3.8) is 0 Å². The molecular weight excluding hydrogens is 107 g/mol. The third-order valence-corrected chi connectivity index (χ3v) is 3.12. The molecule has 0 N–H and O–H groups in total. The van der Waals surface area contributed by atoms with Gasteiger partial charge < -0.3 is 0 Å². The molecule has 0 aromatic heterocycles. The van der Waals surface area contributed by atoms with Crippen molar-refractivity contribution in [3.8, 4) is 0 Å². The Bertz CT molecular complexity index is 80.7. The van der Waals surface area contributed by atoms with Gasteiger partial charge in [-0.3, -0.25) is 0 Å². The second-order valence-corrected chi connectivity index (χ2v) is 3.83. The monoisotopic (exact) mass is 122 g/mol. The average Bonchev–Trinajstić information content (AvgIpc) is 1.88. The zero-order valence-corrected chi connectivity index (χ0v) is 6.10. The van der Waals surface area contributed by atoms with E-state index in [-0.39, 0.29) is 0 Å². The molecule has 0 amide bonds. The summed E-state index contributed by atoms with van der Waals surface area (Å²) in [5, 5.41) is 0. The molecule has 9 heavy (non-hydrogen) atoms. The van der Waals surface area contributed by atoms with Crippen molar-refractivity contribution in [1.29, 1.82) is 0 Å². The van der Waals surface area contributed by atoms with E-state index in [0.29, 0.717) is 0 Å². The van der Waals surface area contributed by atoms with Crippen LogP contribution in [0, 0.1) is 11.8 Å². The SMILES string of the molecule is B1CC2CCCC(C1)C2. The van der Waals surface area contributed by atoms with Gasteiger partial charge in [-0.15, -0.1) is 0 Å². The zero-order valence-electron chi connectivity index (χ0n) is 6.10. The van der Waals surface area contributed by atoms with Crippen molar-refractivity contribution in [2.75, 3.05) is 0 Å². The van der Waals surface area contributed by atoms with Crippen molar-refractivity contribution < 1.29 is 0 Å². The second kappa shape index (κ2) is 2.36. The van der Waals surface area contributed by atoms with Gasteiger partial charge in [0, 0.05) is 0 Å². The minimum absolute atomic E-state index is 1.15. The van der Waals surface area contributed by atoms with Crippen LogP contribution in [0.5, 0.6) is 0 Å². The Morgan fingerprint density at radius 1 is 1.00 bits per heavy atom. The van der Waals surface area contributed by atoms with E-state index in [1.165, 1.54) is 13.7 Å². The molecule has 0 spiro atoms. The topological polar surface area (TPSA) is 0 Å². The third-order valence-electron chi connectivity index (χ3n) is 3.12. The minimum atomic E-state index is 1.15. The molecule has 2 fully saturated rings. The first-order chi connectivity index (χ1) is 4.45. The van der Waals surface area contributed by atoms with Gasteiger partial charge in [0.2, 0.25) is 0 Å². The molecule has 1 heteroatoms. The number of fused-ring (bicyclic) bond motifs is 2. The fraction of sp³-hybridized carbons (Fsp3) is 1.00. The van der Waals surface area contributed by atoms with Crippen LogP contribution >= 0.6 is 0 Å². The van der Waals surface area contributed by atoms with Crippen LogP contribution < -0.4 is 0 Å². The summed E-state index contributed by atoms with van der Waals surface area (Å²) in [6, 6.07) is 0. The first kappa shape index (κ1) is 5.82. The molecule has 1 heterocycles. The minimum Gasteiger partial charge on any atom is -0.0746 e. The van der Waals surface area contributed by atoms with Crippen LogP contribution in [0.15, 0.2) is 0 Å². The van der Waals surface area contributed by atoms with Crippen molar-refractivity contribution in [3.05, 3.63) is 0 Å². The molecule has 2 bridgehead atoms. The Kier molecular flexibility index (Phi) is 1.53. The maximum absolute atomic E-state index is 1.58. The van der Waals surface area contributed by atoms with Gasteiger partial charge in [0.1, 0.15) is 7.28 Å². The first-order valence-electron chi connectivity index (χ1n) is 4.45. The number of hydrogen-bond acceptors (Lipinski definition) is 0. The van der Waals surface area contributed by atoms with Crippen LogP contribution in [0.4, 0.5) is 0 Å². The third kappa shape index (κ3) is 1.15. The van der Waals surface area contributed by atoms with Crippen LogP contribution in [-0.4, -0.2) is 7.28 Å². The maximum atomic E-state index is 1.58. The van der Waals surface area contributed by atoms with E-state index in [0.717, 1.165) is 11.8 Å². The smallest absolute Gasteiger partial charge is 0.0746 e. The summed E-state index contributed by atoms with van der Waals surface area (Å²) in [5.41, 5.74) is 0. The van der Waals surface area contributed by atoms with E-state index in [2.05, 4.69) is 0 Å². The lowest BCUT2D eigenvalue weighted by atomic mass is 9.53. The summed E-state index contributed by atoms with van der Waals surface area (Å²) in [5.74, 6) is 2.30. The largest absolute Gasteiger partial charge is 0.121 e. The van der Waals surface area contributed by atoms with Crippen molar-refractivity contribution in [1.82, 2.24) is 0 Å². The average molecular weight is 122 g/mol. The Balaban J connectivity index is 1.96. The van der Waals surface area contributed by atoms with E-state index < -0.39 is 0 Å². The van der Waals surface area contributed by atoms with Crippen LogP contribution in [0.25, 0.3) is 0 Å². The van der Waals surface area contributed by atoms with Gasteiger partial charge in [0.15, 0.2) is 0 Å².